The van der Waals surface area contributed by atoms with Gasteiger partial charge in [0.25, 0.3) is 0 Å². The van der Waals surface area contributed by atoms with Gasteiger partial charge in [0.1, 0.15) is 17.9 Å². The van der Waals surface area contributed by atoms with E-state index in [1.54, 1.807) is 6.07 Å². The van der Waals surface area contributed by atoms with E-state index in [0.717, 1.165) is 5.56 Å². The molecule has 2 aliphatic rings. The van der Waals surface area contributed by atoms with Gasteiger partial charge in [-0.15, -0.1) is 0 Å². The highest BCUT2D eigenvalue weighted by Crippen LogP contribution is 2.36. The average Bonchev–Trinajstić information content (AvgIpc) is 2.61. The van der Waals surface area contributed by atoms with Crippen LogP contribution >= 0.6 is 0 Å². The number of hydrogen-bond acceptors (Lipinski definition) is 5. The van der Waals surface area contributed by atoms with Gasteiger partial charge in [-0.05, 0) is 18.6 Å². The first-order chi connectivity index (χ1) is 7.68. The standard InChI is InChI=1S/C11H8O5/c1-5-2-6-3-14-10(12)7(6)8-9(5)15-4-16-11(8)13/h2H,3-4H2,1H3. The zero-order chi connectivity index (χ0) is 11.3. The number of rotatable bonds is 0. The Morgan fingerprint density at radius 1 is 1.06 bits per heavy atom. The first-order valence-corrected chi connectivity index (χ1v) is 4.82. The van der Waals surface area contributed by atoms with Gasteiger partial charge >= 0.3 is 11.9 Å². The summed E-state index contributed by atoms with van der Waals surface area (Å²) in [5.41, 5.74) is 2.00. The molecule has 5 heteroatoms. The summed E-state index contributed by atoms with van der Waals surface area (Å²) in [5.74, 6) is -0.595. The Hall–Kier alpha value is -2.04. The molecule has 0 spiro atoms. The van der Waals surface area contributed by atoms with Crippen LogP contribution in [0.25, 0.3) is 0 Å². The lowest BCUT2D eigenvalue weighted by Gasteiger charge is -2.20. The van der Waals surface area contributed by atoms with Gasteiger partial charge in [0.15, 0.2) is 0 Å². The predicted octanol–water partition coefficient (Wildman–Crippen LogP) is 1.17. The highest BCUT2D eigenvalue weighted by molar-refractivity contribution is 6.08. The van der Waals surface area contributed by atoms with E-state index in [0.29, 0.717) is 11.3 Å². The molecule has 16 heavy (non-hydrogen) atoms. The summed E-state index contributed by atoms with van der Waals surface area (Å²) in [7, 11) is 0. The summed E-state index contributed by atoms with van der Waals surface area (Å²) in [5, 5.41) is 0. The van der Waals surface area contributed by atoms with Gasteiger partial charge in [0.05, 0.1) is 5.56 Å². The maximum atomic E-state index is 11.6. The lowest BCUT2D eigenvalue weighted by molar-refractivity contribution is 0.00414. The van der Waals surface area contributed by atoms with Crippen LogP contribution in [0, 0.1) is 6.92 Å². The van der Waals surface area contributed by atoms with Gasteiger partial charge in [-0.25, -0.2) is 9.59 Å². The predicted molar refractivity (Wildman–Crippen MR) is 51.2 cm³/mol. The quantitative estimate of drug-likeness (QED) is 0.614. The molecule has 0 saturated heterocycles. The number of esters is 2. The van der Waals surface area contributed by atoms with Crippen molar-refractivity contribution < 1.29 is 23.8 Å². The molecule has 2 aliphatic heterocycles. The zero-order valence-corrected chi connectivity index (χ0v) is 8.53. The van der Waals surface area contributed by atoms with Crippen LogP contribution in [0.1, 0.15) is 31.8 Å². The lowest BCUT2D eigenvalue weighted by atomic mass is 9.98. The Kier molecular flexibility index (Phi) is 1.71. The van der Waals surface area contributed by atoms with Crippen LogP contribution in [0.4, 0.5) is 0 Å². The van der Waals surface area contributed by atoms with E-state index in [1.807, 2.05) is 6.92 Å². The van der Waals surface area contributed by atoms with Crippen LogP contribution in [-0.4, -0.2) is 18.7 Å². The zero-order valence-electron chi connectivity index (χ0n) is 8.53. The Balaban J connectivity index is 2.35. The number of aryl methyl sites for hydroxylation is 1. The molecule has 2 heterocycles. The van der Waals surface area contributed by atoms with Gasteiger partial charge in [-0.2, -0.15) is 0 Å². The van der Waals surface area contributed by atoms with Gasteiger partial charge in [-0.1, -0.05) is 0 Å². The Morgan fingerprint density at radius 3 is 2.62 bits per heavy atom. The van der Waals surface area contributed by atoms with Gasteiger partial charge < -0.3 is 14.2 Å². The number of fused-ring (bicyclic) bond motifs is 3. The van der Waals surface area contributed by atoms with E-state index in [2.05, 4.69) is 0 Å². The molecular formula is C11H8O5. The SMILES string of the molecule is Cc1cc2c(c3c1OCOC3=O)C(=O)OC2. The average molecular weight is 220 g/mol. The molecule has 0 radical (unpaired) electrons. The van der Waals surface area contributed by atoms with Crippen molar-refractivity contribution in [2.75, 3.05) is 6.79 Å². The van der Waals surface area contributed by atoms with Gasteiger partial charge in [-0.3, -0.25) is 0 Å². The van der Waals surface area contributed by atoms with Gasteiger partial charge in [0, 0.05) is 5.56 Å². The molecule has 0 aromatic heterocycles. The maximum absolute atomic E-state index is 11.6. The number of ether oxygens (including phenoxy) is 3. The summed E-state index contributed by atoms with van der Waals surface area (Å²) >= 11 is 0. The summed E-state index contributed by atoms with van der Waals surface area (Å²) in [4.78, 5) is 23.1. The monoisotopic (exact) mass is 220 g/mol. The van der Waals surface area contributed by atoms with Crippen molar-refractivity contribution in [3.05, 3.63) is 28.3 Å². The van der Waals surface area contributed by atoms with Crippen LogP contribution in [0.3, 0.4) is 0 Å². The van der Waals surface area contributed by atoms with Crippen molar-refractivity contribution >= 4 is 11.9 Å². The summed E-state index contributed by atoms with van der Waals surface area (Å²) in [6.07, 6.45) is 0. The second-order valence-electron chi connectivity index (χ2n) is 3.70. The second kappa shape index (κ2) is 2.98. The molecular weight excluding hydrogens is 212 g/mol. The van der Waals surface area contributed by atoms with Gasteiger partial charge in [0.2, 0.25) is 6.79 Å². The highest BCUT2D eigenvalue weighted by Gasteiger charge is 2.35. The smallest absolute Gasteiger partial charge is 0.345 e. The molecule has 0 aliphatic carbocycles. The third-order valence-electron chi connectivity index (χ3n) is 2.71. The fourth-order valence-electron chi connectivity index (χ4n) is 2.03. The number of carbonyl (C=O) groups excluding carboxylic acids is 2. The molecule has 3 rings (SSSR count). The van der Waals surface area contributed by atoms with Crippen LogP contribution < -0.4 is 4.74 Å². The molecule has 5 nitrogen and oxygen atoms in total. The van der Waals surface area contributed by atoms with Crippen LogP contribution in [0.15, 0.2) is 6.07 Å². The summed E-state index contributed by atoms with van der Waals surface area (Å²) < 4.78 is 14.9. The van der Waals surface area contributed by atoms with Crippen molar-refractivity contribution in [1.82, 2.24) is 0 Å². The molecule has 0 unspecified atom stereocenters. The molecule has 0 fully saturated rings. The van der Waals surface area contributed by atoms with E-state index in [9.17, 15) is 9.59 Å². The lowest BCUT2D eigenvalue weighted by Crippen LogP contribution is -2.22. The van der Waals surface area contributed by atoms with Crippen LogP contribution in [0.5, 0.6) is 5.75 Å². The minimum atomic E-state index is -0.528. The molecule has 1 aromatic carbocycles. The summed E-state index contributed by atoms with van der Waals surface area (Å²) in [6, 6.07) is 1.80. The van der Waals surface area contributed by atoms with Crippen molar-refractivity contribution in [1.29, 1.82) is 0 Å². The van der Waals surface area contributed by atoms with Crippen LogP contribution in [-0.2, 0) is 16.1 Å². The Bertz CT molecular complexity index is 518. The highest BCUT2D eigenvalue weighted by atomic mass is 16.7. The molecule has 0 N–H and O–H groups in total. The molecule has 0 atom stereocenters. The Morgan fingerprint density at radius 2 is 1.81 bits per heavy atom. The number of benzene rings is 1. The number of carbonyl (C=O) groups is 2. The maximum Gasteiger partial charge on any atom is 0.345 e. The van der Waals surface area contributed by atoms with Crippen LogP contribution in [0.2, 0.25) is 0 Å². The first kappa shape index (κ1) is 9.21. The fraction of sp³-hybridized carbons (Fsp3) is 0.273. The first-order valence-electron chi connectivity index (χ1n) is 4.82. The fourth-order valence-corrected chi connectivity index (χ4v) is 2.03. The minimum Gasteiger partial charge on any atom is -0.457 e. The third-order valence-corrected chi connectivity index (χ3v) is 2.71. The van der Waals surface area contributed by atoms with Crippen molar-refractivity contribution in [3.63, 3.8) is 0 Å². The van der Waals surface area contributed by atoms with E-state index < -0.39 is 11.9 Å². The van der Waals surface area contributed by atoms with E-state index in [4.69, 9.17) is 14.2 Å². The Labute approximate surface area is 90.9 Å². The molecule has 82 valence electrons. The molecule has 0 bridgehead atoms. The largest absolute Gasteiger partial charge is 0.457 e. The minimum absolute atomic E-state index is 0.111. The summed E-state index contributed by atoms with van der Waals surface area (Å²) in [6.45, 7) is 1.91. The second-order valence-corrected chi connectivity index (χ2v) is 3.70. The number of cyclic esters (lactones) is 2. The van der Waals surface area contributed by atoms with Crippen molar-refractivity contribution in [2.45, 2.75) is 13.5 Å². The third kappa shape index (κ3) is 1.05. The normalized spacial score (nSPS) is 17.1. The molecule has 1 aromatic rings. The topological polar surface area (TPSA) is 61.8 Å². The molecule has 0 saturated carbocycles. The van der Waals surface area contributed by atoms with Crippen molar-refractivity contribution in [2.24, 2.45) is 0 Å². The molecule has 0 amide bonds. The van der Waals surface area contributed by atoms with E-state index >= 15 is 0 Å². The number of hydrogen-bond donors (Lipinski definition) is 0. The van der Waals surface area contributed by atoms with Crippen molar-refractivity contribution in [3.8, 4) is 5.75 Å². The van der Waals surface area contributed by atoms with E-state index in [-0.39, 0.29) is 24.5 Å². The van der Waals surface area contributed by atoms with E-state index in [1.165, 1.54) is 0 Å².